The van der Waals surface area contributed by atoms with Gasteiger partial charge in [-0.3, -0.25) is 9.59 Å². The average molecular weight is 415 g/mol. The van der Waals surface area contributed by atoms with Gasteiger partial charge in [-0.25, -0.2) is 8.42 Å². The van der Waals surface area contributed by atoms with Crippen molar-refractivity contribution in [2.75, 3.05) is 19.4 Å². The molecule has 0 radical (unpaired) electrons. The van der Waals surface area contributed by atoms with Gasteiger partial charge in [0, 0.05) is 5.56 Å². The number of sulfone groups is 1. The van der Waals surface area contributed by atoms with E-state index >= 15 is 0 Å². The van der Waals surface area contributed by atoms with Crippen LogP contribution in [0, 0.1) is 11.3 Å². The lowest BCUT2D eigenvalue weighted by Gasteiger charge is -2.20. The minimum atomic E-state index is -3.73. The van der Waals surface area contributed by atoms with Crippen molar-refractivity contribution in [1.29, 1.82) is 5.26 Å². The summed E-state index contributed by atoms with van der Waals surface area (Å²) in [6.07, 6.45) is 0. The number of nitrogens with zero attached hydrogens (tertiary/aromatic N) is 1. The zero-order valence-electron chi connectivity index (χ0n) is 15.8. The largest absolute Gasteiger partial charge is 0.496 e. The van der Waals surface area contributed by atoms with Crippen molar-refractivity contribution in [3.05, 3.63) is 65.2 Å². The molecule has 8 nitrogen and oxygen atoms in total. The van der Waals surface area contributed by atoms with Gasteiger partial charge in [0.25, 0.3) is 5.91 Å². The molecule has 1 atom stereocenters. The molecule has 0 spiro atoms. The summed E-state index contributed by atoms with van der Waals surface area (Å²) >= 11 is 0. The van der Waals surface area contributed by atoms with Crippen molar-refractivity contribution in [2.24, 2.45) is 5.73 Å². The Bertz CT molecular complexity index is 1030. The molecule has 0 saturated carbocycles. The zero-order valence-corrected chi connectivity index (χ0v) is 16.6. The highest BCUT2D eigenvalue weighted by atomic mass is 32.2. The van der Waals surface area contributed by atoms with E-state index in [1.165, 1.54) is 25.3 Å². The standard InChI is InChI=1S/C20H21N3O5S/c1-28-18-15(8-5-9-16(18)19(22)24)17(20(25)23-11-10-21)13-29(26,27)12-14-6-3-2-4-7-14/h2-9,17H,11-13H2,1H3,(H2,22,24)(H,23,25)/t17-/m1/s1. The van der Waals surface area contributed by atoms with Crippen molar-refractivity contribution in [1.82, 2.24) is 5.32 Å². The second-order valence-electron chi connectivity index (χ2n) is 6.26. The Hall–Kier alpha value is -3.38. The van der Waals surface area contributed by atoms with Gasteiger partial charge in [0.2, 0.25) is 5.91 Å². The van der Waals surface area contributed by atoms with Crippen LogP contribution >= 0.6 is 0 Å². The monoisotopic (exact) mass is 415 g/mol. The molecule has 2 aromatic rings. The molecular formula is C20H21N3O5S. The van der Waals surface area contributed by atoms with Crippen LogP contribution in [0.25, 0.3) is 0 Å². The molecular weight excluding hydrogens is 394 g/mol. The van der Waals surface area contributed by atoms with Gasteiger partial charge in [0.05, 0.1) is 36.2 Å². The summed E-state index contributed by atoms with van der Waals surface area (Å²) in [5, 5.41) is 11.1. The molecule has 0 bridgehead atoms. The third-order valence-electron chi connectivity index (χ3n) is 4.20. The quantitative estimate of drug-likeness (QED) is 0.589. The van der Waals surface area contributed by atoms with E-state index in [-0.39, 0.29) is 29.2 Å². The molecule has 0 aromatic heterocycles. The van der Waals surface area contributed by atoms with E-state index < -0.39 is 33.3 Å². The number of para-hydroxylation sites is 1. The summed E-state index contributed by atoms with van der Waals surface area (Å²) in [6, 6.07) is 14.8. The van der Waals surface area contributed by atoms with Crippen LogP contribution in [0.2, 0.25) is 0 Å². The first-order valence-corrected chi connectivity index (χ1v) is 10.5. The number of carbonyl (C=O) groups is 2. The van der Waals surface area contributed by atoms with Crippen LogP contribution in [0.1, 0.15) is 27.4 Å². The minimum Gasteiger partial charge on any atom is -0.496 e. The second-order valence-corrected chi connectivity index (χ2v) is 8.37. The minimum absolute atomic E-state index is 0.0311. The predicted octanol–water partition coefficient (Wildman–Crippen LogP) is 1.13. The number of hydrogen-bond donors (Lipinski definition) is 2. The number of nitrogens with one attached hydrogen (secondary N) is 1. The van der Waals surface area contributed by atoms with Gasteiger partial charge < -0.3 is 15.8 Å². The highest BCUT2D eigenvalue weighted by Gasteiger charge is 2.31. The molecule has 0 aliphatic rings. The van der Waals surface area contributed by atoms with Crippen LogP contribution in [0.15, 0.2) is 48.5 Å². The third kappa shape index (κ3) is 5.80. The van der Waals surface area contributed by atoms with Gasteiger partial charge in [0.1, 0.15) is 12.3 Å². The maximum atomic E-state index is 12.8. The molecule has 2 amide bonds. The number of carbonyl (C=O) groups excluding carboxylic acids is 2. The summed E-state index contributed by atoms with van der Waals surface area (Å²) in [6.45, 7) is -0.286. The lowest BCUT2D eigenvalue weighted by atomic mass is 9.96. The molecule has 9 heteroatoms. The van der Waals surface area contributed by atoms with E-state index in [0.29, 0.717) is 5.56 Å². The van der Waals surface area contributed by atoms with Gasteiger partial charge in [-0.2, -0.15) is 5.26 Å². The summed E-state index contributed by atoms with van der Waals surface area (Å²) in [5.41, 5.74) is 6.18. The number of nitrogens with two attached hydrogens (primary N) is 1. The lowest BCUT2D eigenvalue weighted by Crippen LogP contribution is -2.34. The first-order valence-electron chi connectivity index (χ1n) is 8.64. The van der Waals surface area contributed by atoms with Crippen LogP contribution in [-0.2, 0) is 20.4 Å². The van der Waals surface area contributed by atoms with E-state index in [4.69, 9.17) is 15.7 Å². The highest BCUT2D eigenvalue weighted by Crippen LogP contribution is 2.32. The summed E-state index contributed by atoms with van der Waals surface area (Å²) in [5.74, 6) is -3.38. The number of nitriles is 1. The maximum absolute atomic E-state index is 12.8. The van der Waals surface area contributed by atoms with Crippen molar-refractivity contribution in [2.45, 2.75) is 11.7 Å². The number of methoxy groups -OCH3 is 1. The number of rotatable bonds is 9. The second kappa shape index (κ2) is 9.71. The molecule has 2 rings (SSSR count). The third-order valence-corrected chi connectivity index (χ3v) is 5.81. The first kappa shape index (κ1) is 21.9. The Morgan fingerprint density at radius 2 is 1.86 bits per heavy atom. The average Bonchev–Trinajstić information content (AvgIpc) is 2.70. The van der Waals surface area contributed by atoms with Gasteiger partial charge in [0.15, 0.2) is 9.84 Å². The topological polar surface area (TPSA) is 139 Å². The van der Waals surface area contributed by atoms with Gasteiger partial charge in [-0.15, -0.1) is 0 Å². The smallest absolute Gasteiger partial charge is 0.252 e. The van der Waals surface area contributed by atoms with Crippen LogP contribution < -0.4 is 15.8 Å². The van der Waals surface area contributed by atoms with E-state index in [1.54, 1.807) is 36.4 Å². The van der Waals surface area contributed by atoms with E-state index in [0.717, 1.165) is 0 Å². The first-order chi connectivity index (χ1) is 13.8. The fraction of sp³-hybridized carbons (Fsp3) is 0.250. The van der Waals surface area contributed by atoms with Crippen molar-refractivity contribution in [3.8, 4) is 11.8 Å². The molecule has 0 unspecified atom stereocenters. The van der Waals surface area contributed by atoms with Gasteiger partial charge in [-0.1, -0.05) is 42.5 Å². The van der Waals surface area contributed by atoms with E-state index in [9.17, 15) is 18.0 Å². The molecule has 0 aliphatic carbocycles. The fourth-order valence-electron chi connectivity index (χ4n) is 2.95. The number of benzene rings is 2. The fourth-order valence-corrected chi connectivity index (χ4v) is 4.61. The van der Waals surface area contributed by atoms with Crippen molar-refractivity contribution < 1.29 is 22.7 Å². The molecule has 2 aromatic carbocycles. The predicted molar refractivity (Wildman–Crippen MR) is 107 cm³/mol. The molecule has 29 heavy (non-hydrogen) atoms. The van der Waals surface area contributed by atoms with Gasteiger partial charge in [-0.05, 0) is 11.6 Å². The van der Waals surface area contributed by atoms with Crippen molar-refractivity contribution in [3.63, 3.8) is 0 Å². The Kier molecular flexibility index (Phi) is 7.33. The van der Waals surface area contributed by atoms with Gasteiger partial charge >= 0.3 is 0 Å². The molecule has 3 N–H and O–H groups in total. The SMILES string of the molecule is COc1c(C(N)=O)cccc1[C@@H](CS(=O)(=O)Cc1ccccc1)C(=O)NCC#N. The number of primary amides is 1. The normalized spacial score (nSPS) is 11.9. The number of amides is 2. The zero-order chi connectivity index (χ0) is 21.4. The summed E-state index contributed by atoms with van der Waals surface area (Å²) < 4.78 is 30.9. The maximum Gasteiger partial charge on any atom is 0.252 e. The summed E-state index contributed by atoms with van der Waals surface area (Å²) in [4.78, 5) is 24.4. The molecule has 0 fully saturated rings. The molecule has 0 saturated heterocycles. The lowest BCUT2D eigenvalue weighted by molar-refractivity contribution is -0.121. The van der Waals surface area contributed by atoms with E-state index in [2.05, 4.69) is 5.32 Å². The highest BCUT2D eigenvalue weighted by molar-refractivity contribution is 7.90. The Labute approximate surface area is 169 Å². The Balaban J connectivity index is 2.46. The van der Waals surface area contributed by atoms with Crippen LogP contribution in [0.4, 0.5) is 0 Å². The Morgan fingerprint density at radius 1 is 1.17 bits per heavy atom. The van der Waals surface area contributed by atoms with Crippen molar-refractivity contribution >= 4 is 21.7 Å². The summed E-state index contributed by atoms with van der Waals surface area (Å²) in [7, 11) is -2.43. The molecule has 152 valence electrons. The number of ether oxygens (including phenoxy) is 1. The molecule has 0 aliphatic heterocycles. The van der Waals surface area contributed by atoms with Crippen LogP contribution in [0.5, 0.6) is 5.75 Å². The van der Waals surface area contributed by atoms with Crippen LogP contribution in [0.3, 0.4) is 0 Å². The Morgan fingerprint density at radius 3 is 2.45 bits per heavy atom. The van der Waals surface area contributed by atoms with Crippen LogP contribution in [-0.4, -0.2) is 39.6 Å². The number of hydrogen-bond acceptors (Lipinski definition) is 6. The molecule has 0 heterocycles. The van der Waals surface area contributed by atoms with E-state index in [1.807, 2.05) is 0 Å².